The van der Waals surface area contributed by atoms with E-state index in [9.17, 15) is 4.39 Å². The minimum Gasteiger partial charge on any atom is -0.271 e. The molecule has 20 heavy (non-hydrogen) atoms. The van der Waals surface area contributed by atoms with E-state index in [-0.39, 0.29) is 11.9 Å². The van der Waals surface area contributed by atoms with E-state index >= 15 is 0 Å². The van der Waals surface area contributed by atoms with Crippen LogP contribution in [0.3, 0.4) is 0 Å². The number of hydrogen-bond acceptors (Lipinski definition) is 2. The van der Waals surface area contributed by atoms with Gasteiger partial charge in [-0.15, -0.1) is 0 Å². The molecule has 1 aromatic rings. The molecule has 1 saturated carbocycles. The lowest BCUT2D eigenvalue weighted by Gasteiger charge is -2.35. The van der Waals surface area contributed by atoms with Crippen molar-refractivity contribution in [1.82, 2.24) is 5.43 Å². The molecule has 112 valence electrons. The Morgan fingerprint density at radius 2 is 1.70 bits per heavy atom. The number of halogens is 1. The topological polar surface area (TPSA) is 38.0 Å². The van der Waals surface area contributed by atoms with Gasteiger partial charge in [0.1, 0.15) is 5.82 Å². The SMILES string of the molecule is Cc1cc(F)cc(C(NN)C2CCC(C(C)C)CC2)c1. The molecule has 0 aromatic heterocycles. The molecule has 0 amide bonds. The van der Waals surface area contributed by atoms with Crippen molar-refractivity contribution in [2.75, 3.05) is 0 Å². The molecule has 0 aliphatic heterocycles. The van der Waals surface area contributed by atoms with Gasteiger partial charge in [0, 0.05) is 6.04 Å². The van der Waals surface area contributed by atoms with Gasteiger partial charge in [-0.3, -0.25) is 11.3 Å². The average Bonchev–Trinajstić information content (AvgIpc) is 2.39. The van der Waals surface area contributed by atoms with Crippen LogP contribution in [0.15, 0.2) is 18.2 Å². The third kappa shape index (κ3) is 3.58. The Labute approximate surface area is 121 Å². The van der Waals surface area contributed by atoms with Crippen LogP contribution in [0, 0.1) is 30.5 Å². The third-order valence-corrected chi connectivity index (χ3v) is 4.83. The van der Waals surface area contributed by atoms with E-state index in [2.05, 4.69) is 19.3 Å². The largest absolute Gasteiger partial charge is 0.271 e. The van der Waals surface area contributed by atoms with E-state index in [1.54, 1.807) is 12.1 Å². The van der Waals surface area contributed by atoms with Gasteiger partial charge in [0.2, 0.25) is 0 Å². The summed E-state index contributed by atoms with van der Waals surface area (Å²) in [6.07, 6.45) is 4.87. The fourth-order valence-corrected chi connectivity index (χ4v) is 3.59. The first kappa shape index (κ1) is 15.5. The number of rotatable bonds is 4. The molecule has 0 spiro atoms. The van der Waals surface area contributed by atoms with E-state index < -0.39 is 0 Å². The standard InChI is InChI=1S/C17H27FN2/c1-11(2)13-4-6-14(7-5-13)17(20-19)15-8-12(3)9-16(18)10-15/h8-11,13-14,17,20H,4-7,19H2,1-3H3. The second-order valence-corrected chi connectivity index (χ2v) is 6.63. The summed E-state index contributed by atoms with van der Waals surface area (Å²) in [4.78, 5) is 0. The van der Waals surface area contributed by atoms with Crippen LogP contribution in [0.25, 0.3) is 0 Å². The predicted octanol–water partition coefficient (Wildman–Crippen LogP) is 4.10. The van der Waals surface area contributed by atoms with Gasteiger partial charge in [-0.1, -0.05) is 19.9 Å². The number of hydrogen-bond donors (Lipinski definition) is 2. The summed E-state index contributed by atoms with van der Waals surface area (Å²) in [5, 5.41) is 0. The number of nitrogens with two attached hydrogens (primary N) is 1. The van der Waals surface area contributed by atoms with Gasteiger partial charge in [-0.05, 0) is 73.6 Å². The Kier molecular flexibility index (Phi) is 5.17. The monoisotopic (exact) mass is 278 g/mol. The predicted molar refractivity (Wildman–Crippen MR) is 81.5 cm³/mol. The Morgan fingerprint density at radius 3 is 2.20 bits per heavy atom. The first-order valence-electron chi connectivity index (χ1n) is 7.74. The summed E-state index contributed by atoms with van der Waals surface area (Å²) >= 11 is 0. The highest BCUT2D eigenvalue weighted by molar-refractivity contribution is 5.26. The summed E-state index contributed by atoms with van der Waals surface area (Å²) in [5.74, 6) is 7.69. The number of benzene rings is 1. The molecular weight excluding hydrogens is 251 g/mol. The molecule has 2 nitrogen and oxygen atoms in total. The van der Waals surface area contributed by atoms with Gasteiger partial charge in [0.15, 0.2) is 0 Å². The van der Waals surface area contributed by atoms with Crippen LogP contribution >= 0.6 is 0 Å². The first-order valence-corrected chi connectivity index (χ1v) is 7.74. The van der Waals surface area contributed by atoms with Crippen molar-refractivity contribution in [3.8, 4) is 0 Å². The second-order valence-electron chi connectivity index (χ2n) is 6.63. The Bertz CT molecular complexity index is 416. The quantitative estimate of drug-likeness (QED) is 0.643. The summed E-state index contributed by atoms with van der Waals surface area (Å²) in [7, 11) is 0. The number of hydrazine groups is 1. The highest BCUT2D eigenvalue weighted by Crippen LogP contribution is 2.39. The van der Waals surface area contributed by atoms with Crippen LogP contribution < -0.4 is 11.3 Å². The molecule has 1 aromatic carbocycles. The van der Waals surface area contributed by atoms with Gasteiger partial charge in [-0.2, -0.15) is 0 Å². The summed E-state index contributed by atoms with van der Waals surface area (Å²) in [5.41, 5.74) is 4.86. The smallest absolute Gasteiger partial charge is 0.123 e. The molecule has 0 bridgehead atoms. The lowest BCUT2D eigenvalue weighted by Crippen LogP contribution is -2.36. The normalized spacial score (nSPS) is 24.9. The van der Waals surface area contributed by atoms with Gasteiger partial charge in [-0.25, -0.2) is 4.39 Å². The van der Waals surface area contributed by atoms with Gasteiger partial charge >= 0.3 is 0 Å². The third-order valence-electron chi connectivity index (χ3n) is 4.83. The molecule has 1 unspecified atom stereocenters. The number of aryl methyl sites for hydroxylation is 1. The second kappa shape index (κ2) is 6.68. The first-order chi connectivity index (χ1) is 9.51. The van der Waals surface area contributed by atoms with E-state index in [1.807, 2.05) is 13.0 Å². The molecule has 1 atom stereocenters. The molecule has 1 fully saturated rings. The fraction of sp³-hybridized carbons (Fsp3) is 0.647. The van der Waals surface area contributed by atoms with E-state index in [0.29, 0.717) is 5.92 Å². The summed E-state index contributed by atoms with van der Waals surface area (Å²) in [6.45, 7) is 6.54. The van der Waals surface area contributed by atoms with Crippen molar-refractivity contribution in [2.45, 2.75) is 52.5 Å². The van der Waals surface area contributed by atoms with Gasteiger partial charge < -0.3 is 0 Å². The van der Waals surface area contributed by atoms with Crippen molar-refractivity contribution in [2.24, 2.45) is 23.6 Å². The zero-order valence-corrected chi connectivity index (χ0v) is 12.8. The maximum atomic E-state index is 13.6. The number of nitrogens with one attached hydrogen (secondary N) is 1. The zero-order chi connectivity index (χ0) is 14.7. The molecule has 3 N–H and O–H groups in total. The van der Waals surface area contributed by atoms with Crippen molar-refractivity contribution >= 4 is 0 Å². The Morgan fingerprint density at radius 1 is 1.10 bits per heavy atom. The van der Waals surface area contributed by atoms with E-state index in [1.165, 1.54) is 25.7 Å². The molecule has 0 saturated heterocycles. The Balaban J connectivity index is 2.09. The maximum Gasteiger partial charge on any atom is 0.123 e. The highest BCUT2D eigenvalue weighted by atomic mass is 19.1. The van der Waals surface area contributed by atoms with E-state index in [0.717, 1.165) is 23.0 Å². The molecule has 1 aliphatic rings. The molecule has 3 heteroatoms. The van der Waals surface area contributed by atoms with Crippen LogP contribution in [0.5, 0.6) is 0 Å². The maximum absolute atomic E-state index is 13.6. The van der Waals surface area contributed by atoms with Crippen LogP contribution in [0.4, 0.5) is 4.39 Å². The molecule has 2 rings (SSSR count). The zero-order valence-electron chi connectivity index (χ0n) is 12.8. The average molecular weight is 278 g/mol. The molecule has 0 heterocycles. The van der Waals surface area contributed by atoms with E-state index in [4.69, 9.17) is 5.84 Å². The van der Waals surface area contributed by atoms with Crippen molar-refractivity contribution in [1.29, 1.82) is 0 Å². The highest BCUT2D eigenvalue weighted by Gasteiger charge is 2.29. The van der Waals surface area contributed by atoms with Crippen LogP contribution in [0.2, 0.25) is 0 Å². The van der Waals surface area contributed by atoms with Crippen LogP contribution in [0.1, 0.15) is 56.7 Å². The fourth-order valence-electron chi connectivity index (χ4n) is 3.59. The molecule has 1 aliphatic carbocycles. The minimum absolute atomic E-state index is 0.0671. The summed E-state index contributed by atoms with van der Waals surface area (Å²) < 4.78 is 13.6. The van der Waals surface area contributed by atoms with Gasteiger partial charge in [0.05, 0.1) is 0 Å². The Hall–Kier alpha value is -0.930. The van der Waals surface area contributed by atoms with Crippen LogP contribution in [-0.4, -0.2) is 0 Å². The van der Waals surface area contributed by atoms with Crippen molar-refractivity contribution in [3.63, 3.8) is 0 Å². The lowest BCUT2D eigenvalue weighted by molar-refractivity contribution is 0.189. The molecular formula is C17H27FN2. The minimum atomic E-state index is -0.170. The van der Waals surface area contributed by atoms with Crippen LogP contribution in [-0.2, 0) is 0 Å². The summed E-state index contributed by atoms with van der Waals surface area (Å²) in [6, 6.07) is 5.29. The molecule has 0 radical (unpaired) electrons. The lowest BCUT2D eigenvalue weighted by atomic mass is 9.73. The van der Waals surface area contributed by atoms with Crippen molar-refractivity contribution in [3.05, 3.63) is 35.1 Å². The van der Waals surface area contributed by atoms with Gasteiger partial charge in [0.25, 0.3) is 0 Å². The van der Waals surface area contributed by atoms with Crippen molar-refractivity contribution < 1.29 is 4.39 Å².